The lowest BCUT2D eigenvalue weighted by Gasteiger charge is -2.24. The van der Waals surface area contributed by atoms with E-state index in [2.05, 4.69) is 10.3 Å². The summed E-state index contributed by atoms with van der Waals surface area (Å²) in [5.41, 5.74) is 5.82. The van der Waals surface area contributed by atoms with Gasteiger partial charge in [-0.05, 0) is 12.8 Å². The first-order valence-corrected chi connectivity index (χ1v) is 8.76. The summed E-state index contributed by atoms with van der Waals surface area (Å²) in [6.45, 7) is 0.573. The van der Waals surface area contributed by atoms with Crippen LogP contribution in [-0.4, -0.2) is 51.2 Å². The van der Waals surface area contributed by atoms with Crippen molar-refractivity contribution in [3.05, 3.63) is 0 Å². The number of ether oxygens (including phenoxy) is 1. The molecule has 19 heavy (non-hydrogen) atoms. The van der Waals surface area contributed by atoms with Crippen LogP contribution in [0.15, 0.2) is 4.99 Å². The highest BCUT2D eigenvalue weighted by Gasteiger charge is 2.25. The summed E-state index contributed by atoms with van der Waals surface area (Å²) in [4.78, 5) is 4.20. The van der Waals surface area contributed by atoms with Gasteiger partial charge in [-0.3, -0.25) is 4.99 Å². The first kappa shape index (κ1) is 14.6. The summed E-state index contributed by atoms with van der Waals surface area (Å²) in [6, 6.07) is 0.411. The van der Waals surface area contributed by atoms with Gasteiger partial charge in [0.1, 0.15) is 0 Å². The van der Waals surface area contributed by atoms with Crippen LogP contribution < -0.4 is 11.1 Å². The van der Waals surface area contributed by atoms with Crippen molar-refractivity contribution in [2.45, 2.75) is 44.2 Å². The van der Waals surface area contributed by atoms with Gasteiger partial charge in [-0.25, -0.2) is 8.42 Å². The molecule has 1 saturated carbocycles. The molecule has 0 radical (unpaired) electrons. The molecule has 1 saturated heterocycles. The fraction of sp³-hybridized carbons (Fsp3) is 0.917. The van der Waals surface area contributed by atoms with Crippen molar-refractivity contribution in [1.29, 1.82) is 0 Å². The highest BCUT2D eigenvalue weighted by Crippen LogP contribution is 2.17. The Bertz CT molecular complexity index is 416. The highest BCUT2D eigenvalue weighted by atomic mass is 32.2. The van der Waals surface area contributed by atoms with Gasteiger partial charge in [-0.1, -0.05) is 19.3 Å². The van der Waals surface area contributed by atoms with E-state index >= 15 is 0 Å². The van der Waals surface area contributed by atoms with Crippen molar-refractivity contribution >= 4 is 15.8 Å². The van der Waals surface area contributed by atoms with Gasteiger partial charge in [0.25, 0.3) is 0 Å². The van der Waals surface area contributed by atoms with Gasteiger partial charge in [-0.15, -0.1) is 0 Å². The van der Waals surface area contributed by atoms with Gasteiger partial charge >= 0.3 is 0 Å². The van der Waals surface area contributed by atoms with E-state index in [1.807, 2.05) is 0 Å². The number of guanidine groups is 1. The molecule has 110 valence electrons. The molecule has 7 heteroatoms. The lowest BCUT2D eigenvalue weighted by molar-refractivity contribution is 0.0782. The molecule has 0 aromatic heterocycles. The predicted octanol–water partition coefficient (Wildman–Crippen LogP) is 0.0370. The maximum Gasteiger partial charge on any atom is 0.188 e. The molecule has 0 amide bonds. The SMILES string of the molecule is NC(=NCC1CS(=O)(=O)CCO1)NC1CCCCC1. The van der Waals surface area contributed by atoms with Crippen LogP contribution in [0.3, 0.4) is 0 Å². The zero-order valence-corrected chi connectivity index (χ0v) is 12.0. The van der Waals surface area contributed by atoms with Gasteiger partial charge in [0.2, 0.25) is 0 Å². The minimum absolute atomic E-state index is 0.0488. The molecule has 1 aliphatic heterocycles. The van der Waals surface area contributed by atoms with Crippen molar-refractivity contribution in [3.63, 3.8) is 0 Å². The van der Waals surface area contributed by atoms with Crippen LogP contribution in [0, 0.1) is 0 Å². The van der Waals surface area contributed by atoms with E-state index in [0.717, 1.165) is 12.8 Å². The van der Waals surface area contributed by atoms with Crippen LogP contribution in [0.5, 0.6) is 0 Å². The summed E-state index contributed by atoms with van der Waals surface area (Å²) < 4.78 is 28.3. The molecule has 1 heterocycles. The molecular formula is C12H23N3O3S. The van der Waals surface area contributed by atoms with Gasteiger partial charge in [0, 0.05) is 6.04 Å². The number of hydrogen-bond acceptors (Lipinski definition) is 4. The Hall–Kier alpha value is -0.820. The predicted molar refractivity (Wildman–Crippen MR) is 74.9 cm³/mol. The monoisotopic (exact) mass is 289 g/mol. The van der Waals surface area contributed by atoms with Crippen LogP contribution in [0.25, 0.3) is 0 Å². The number of nitrogens with two attached hydrogens (primary N) is 1. The number of sulfone groups is 1. The average Bonchev–Trinajstić information content (AvgIpc) is 2.36. The molecule has 0 aromatic rings. The van der Waals surface area contributed by atoms with E-state index in [4.69, 9.17) is 10.5 Å². The molecule has 0 aromatic carbocycles. The molecule has 2 aliphatic rings. The minimum atomic E-state index is -2.96. The molecule has 1 atom stereocenters. The normalized spacial score (nSPS) is 29.1. The second-order valence-electron chi connectivity index (χ2n) is 5.31. The first-order valence-electron chi connectivity index (χ1n) is 6.94. The fourth-order valence-corrected chi connectivity index (χ4v) is 3.85. The van der Waals surface area contributed by atoms with Crippen molar-refractivity contribution in [2.24, 2.45) is 10.7 Å². The molecule has 3 N–H and O–H groups in total. The summed E-state index contributed by atoms with van der Waals surface area (Å²) in [5, 5.41) is 3.20. The molecule has 1 unspecified atom stereocenters. The van der Waals surface area contributed by atoms with E-state index in [1.165, 1.54) is 19.3 Å². The zero-order chi connectivity index (χ0) is 13.7. The summed E-state index contributed by atoms with van der Waals surface area (Å²) in [6.07, 6.45) is 5.66. The van der Waals surface area contributed by atoms with Crippen LogP contribution >= 0.6 is 0 Å². The van der Waals surface area contributed by atoms with E-state index < -0.39 is 9.84 Å². The van der Waals surface area contributed by atoms with Crippen LogP contribution in [-0.2, 0) is 14.6 Å². The maximum atomic E-state index is 11.4. The second-order valence-corrected chi connectivity index (χ2v) is 7.54. The second kappa shape index (κ2) is 6.56. The van der Waals surface area contributed by atoms with Gasteiger partial charge in [0.05, 0.1) is 30.8 Å². The maximum absolute atomic E-state index is 11.4. The van der Waals surface area contributed by atoms with E-state index in [9.17, 15) is 8.42 Å². The number of rotatable bonds is 3. The van der Waals surface area contributed by atoms with Crippen LogP contribution in [0.4, 0.5) is 0 Å². The Morgan fingerprint density at radius 2 is 2.05 bits per heavy atom. The van der Waals surface area contributed by atoms with Gasteiger partial charge in [-0.2, -0.15) is 0 Å². The molecule has 1 aliphatic carbocycles. The lowest BCUT2D eigenvalue weighted by Crippen LogP contribution is -2.42. The molecule has 0 spiro atoms. The number of nitrogens with zero attached hydrogens (tertiary/aromatic N) is 1. The summed E-state index contributed by atoms with van der Waals surface area (Å²) >= 11 is 0. The molecule has 0 bridgehead atoms. The average molecular weight is 289 g/mol. The smallest absolute Gasteiger partial charge is 0.188 e. The lowest BCUT2D eigenvalue weighted by atomic mass is 9.96. The molecule has 6 nitrogen and oxygen atoms in total. The van der Waals surface area contributed by atoms with Gasteiger partial charge in [0.15, 0.2) is 15.8 Å². The highest BCUT2D eigenvalue weighted by molar-refractivity contribution is 7.91. The Morgan fingerprint density at radius 3 is 2.74 bits per heavy atom. The van der Waals surface area contributed by atoms with Crippen LogP contribution in [0.2, 0.25) is 0 Å². The van der Waals surface area contributed by atoms with E-state index in [1.54, 1.807) is 0 Å². The first-order chi connectivity index (χ1) is 9.05. The van der Waals surface area contributed by atoms with Crippen molar-refractivity contribution in [3.8, 4) is 0 Å². The van der Waals surface area contributed by atoms with Crippen molar-refractivity contribution < 1.29 is 13.2 Å². The fourth-order valence-electron chi connectivity index (χ4n) is 2.56. The Morgan fingerprint density at radius 1 is 1.32 bits per heavy atom. The van der Waals surface area contributed by atoms with E-state index in [0.29, 0.717) is 18.5 Å². The minimum Gasteiger partial charge on any atom is -0.374 e. The number of aliphatic imine (C=N–C) groups is 1. The zero-order valence-electron chi connectivity index (χ0n) is 11.2. The summed E-state index contributed by atoms with van der Waals surface area (Å²) in [5.74, 6) is 0.564. The standard InChI is InChI=1S/C12H23N3O3S/c13-12(15-10-4-2-1-3-5-10)14-8-11-9-19(16,17)7-6-18-11/h10-11H,1-9H2,(H3,13,14,15). The Kier molecular flexibility index (Phi) is 5.04. The quantitative estimate of drug-likeness (QED) is 0.565. The largest absolute Gasteiger partial charge is 0.374 e. The molecule has 2 rings (SSSR count). The third-order valence-electron chi connectivity index (χ3n) is 3.61. The van der Waals surface area contributed by atoms with Crippen LogP contribution in [0.1, 0.15) is 32.1 Å². The number of nitrogens with one attached hydrogen (secondary N) is 1. The Labute approximate surface area is 114 Å². The topological polar surface area (TPSA) is 93.8 Å². The van der Waals surface area contributed by atoms with Gasteiger partial charge < -0.3 is 15.8 Å². The van der Waals surface area contributed by atoms with Crippen molar-refractivity contribution in [2.75, 3.05) is 24.7 Å². The number of hydrogen-bond donors (Lipinski definition) is 2. The third-order valence-corrected chi connectivity index (χ3v) is 5.28. The van der Waals surface area contributed by atoms with Crippen molar-refractivity contribution in [1.82, 2.24) is 5.32 Å². The third kappa shape index (κ3) is 4.99. The van der Waals surface area contributed by atoms with E-state index in [-0.39, 0.29) is 24.2 Å². The Balaban J connectivity index is 1.77. The summed E-state index contributed by atoms with van der Waals surface area (Å²) in [7, 11) is -2.96. The molecular weight excluding hydrogens is 266 g/mol. The molecule has 2 fully saturated rings.